The molecule has 0 spiro atoms. The van der Waals surface area contributed by atoms with Gasteiger partial charge >= 0.3 is 0 Å². The molecule has 0 saturated heterocycles. The molecule has 3 rings (SSSR count). The van der Waals surface area contributed by atoms with Crippen LogP contribution in [0.1, 0.15) is 12.6 Å². The molecular formula is C20H21FN4OS. The fourth-order valence-electron chi connectivity index (χ4n) is 2.63. The molecule has 3 aromatic rings. The zero-order valence-electron chi connectivity index (χ0n) is 15.4. The van der Waals surface area contributed by atoms with Crippen molar-refractivity contribution in [3.05, 3.63) is 60.0 Å². The first kappa shape index (κ1) is 19.0. The summed E-state index contributed by atoms with van der Waals surface area (Å²) < 4.78 is 19.7. The summed E-state index contributed by atoms with van der Waals surface area (Å²) in [4.78, 5) is 4.60. The number of aryl methyl sites for hydroxylation is 1. The lowest BCUT2D eigenvalue weighted by molar-refractivity contribution is 0.340. The molecule has 0 aliphatic heterocycles. The number of aromatic nitrogens is 2. The minimum atomic E-state index is -0.302. The Balaban J connectivity index is 1.89. The lowest BCUT2D eigenvalue weighted by Gasteiger charge is -2.09. The van der Waals surface area contributed by atoms with Crippen molar-refractivity contribution in [3.8, 4) is 16.9 Å². The Hall–Kier alpha value is -2.80. The molecule has 5 nitrogen and oxygen atoms in total. The van der Waals surface area contributed by atoms with E-state index in [-0.39, 0.29) is 5.82 Å². The highest BCUT2D eigenvalue weighted by Crippen LogP contribution is 2.33. The predicted molar refractivity (Wildman–Crippen MR) is 111 cm³/mol. The molecule has 1 aromatic heterocycles. The first-order valence-corrected chi connectivity index (χ1v) is 9.77. The minimum Gasteiger partial charge on any atom is -0.494 e. The summed E-state index contributed by atoms with van der Waals surface area (Å²) in [6.07, 6.45) is 1.92. The largest absolute Gasteiger partial charge is 0.494 e. The average Bonchev–Trinajstić information content (AvgIpc) is 3.03. The fourth-order valence-corrected chi connectivity index (χ4v) is 3.03. The monoisotopic (exact) mass is 384 g/mol. The van der Waals surface area contributed by atoms with Crippen molar-refractivity contribution < 1.29 is 9.13 Å². The summed E-state index contributed by atoms with van der Waals surface area (Å²) in [5, 5.41) is 11.1. The van der Waals surface area contributed by atoms with Crippen molar-refractivity contribution in [1.29, 1.82) is 0 Å². The van der Waals surface area contributed by atoms with Crippen LogP contribution >= 0.6 is 11.8 Å². The van der Waals surface area contributed by atoms with Gasteiger partial charge in [-0.15, -0.1) is 0 Å². The highest BCUT2D eigenvalue weighted by molar-refractivity contribution is 8.13. The molecule has 2 N–H and O–H groups in total. The lowest BCUT2D eigenvalue weighted by Crippen LogP contribution is -2.07. The Morgan fingerprint density at radius 1 is 1.22 bits per heavy atom. The molecule has 0 bridgehead atoms. The van der Waals surface area contributed by atoms with Crippen LogP contribution in [0.3, 0.4) is 0 Å². The Labute approximate surface area is 162 Å². The number of halogens is 1. The van der Waals surface area contributed by atoms with Crippen LogP contribution in [0.2, 0.25) is 0 Å². The van der Waals surface area contributed by atoms with Crippen LogP contribution < -0.4 is 10.1 Å². The zero-order chi connectivity index (χ0) is 19.2. The maximum atomic E-state index is 14.3. The molecule has 0 aliphatic rings. The molecule has 0 radical (unpaired) electrons. The number of anilines is 1. The van der Waals surface area contributed by atoms with Gasteiger partial charge in [-0.2, -0.15) is 5.10 Å². The van der Waals surface area contributed by atoms with Crippen molar-refractivity contribution in [2.24, 2.45) is 4.99 Å². The van der Waals surface area contributed by atoms with E-state index in [0.29, 0.717) is 28.7 Å². The van der Waals surface area contributed by atoms with Crippen LogP contribution in [0.25, 0.3) is 11.1 Å². The number of hydrogen-bond donors (Lipinski definition) is 2. The maximum Gasteiger partial charge on any atom is 0.184 e. The normalized spacial score (nSPS) is 11.5. The molecule has 7 heteroatoms. The van der Waals surface area contributed by atoms with Gasteiger partial charge in [0.25, 0.3) is 0 Å². The van der Waals surface area contributed by atoms with E-state index >= 15 is 0 Å². The number of aliphatic imine (C=N–C) groups is 1. The third-order valence-corrected chi connectivity index (χ3v) is 4.47. The molecule has 0 saturated carbocycles. The third-order valence-electron chi connectivity index (χ3n) is 3.89. The predicted octanol–water partition coefficient (Wildman–Crippen LogP) is 5.39. The van der Waals surface area contributed by atoms with Gasteiger partial charge in [-0.25, -0.2) is 9.38 Å². The second-order valence-corrected chi connectivity index (χ2v) is 6.53. The van der Waals surface area contributed by atoms with Crippen LogP contribution in [0.4, 0.5) is 15.9 Å². The molecule has 140 valence electrons. The van der Waals surface area contributed by atoms with E-state index in [1.807, 2.05) is 44.4 Å². The van der Waals surface area contributed by atoms with Gasteiger partial charge in [0.05, 0.1) is 12.2 Å². The molecule has 0 unspecified atom stereocenters. The minimum absolute atomic E-state index is 0.302. The van der Waals surface area contributed by atoms with E-state index in [4.69, 9.17) is 4.74 Å². The van der Waals surface area contributed by atoms with Crippen molar-refractivity contribution >= 4 is 28.4 Å². The SMILES string of the molecule is CCOc1ccc(NC(=Nc2n[nH]c(C)c2-c2ccccc2F)SC)cc1. The third kappa shape index (κ3) is 4.49. The number of H-pyrrole nitrogens is 1. The van der Waals surface area contributed by atoms with Crippen LogP contribution in [-0.4, -0.2) is 28.2 Å². The number of nitrogens with zero attached hydrogens (tertiary/aromatic N) is 2. The summed E-state index contributed by atoms with van der Waals surface area (Å²) in [5.41, 5.74) is 2.78. The summed E-state index contributed by atoms with van der Waals surface area (Å²) in [6.45, 7) is 4.43. The van der Waals surface area contributed by atoms with Gasteiger partial charge in [-0.3, -0.25) is 5.10 Å². The highest BCUT2D eigenvalue weighted by atomic mass is 32.2. The standard InChI is InChI=1S/C20H21FN4OS/c1-4-26-15-11-9-14(10-12-15)22-20(27-3)23-19-18(13(2)24-25-19)16-7-5-6-8-17(16)21/h5-12H,4H2,1-3H3,(H2,22,23,24,25). The summed E-state index contributed by atoms with van der Waals surface area (Å²) in [6, 6.07) is 14.3. The van der Waals surface area contributed by atoms with E-state index < -0.39 is 0 Å². The van der Waals surface area contributed by atoms with E-state index in [1.54, 1.807) is 18.2 Å². The number of benzene rings is 2. The number of ether oxygens (including phenoxy) is 1. The van der Waals surface area contributed by atoms with Crippen molar-refractivity contribution in [3.63, 3.8) is 0 Å². The molecule has 2 aromatic carbocycles. The van der Waals surface area contributed by atoms with E-state index in [0.717, 1.165) is 17.1 Å². The summed E-state index contributed by atoms with van der Waals surface area (Å²) >= 11 is 1.45. The first-order chi connectivity index (χ1) is 13.1. The molecular weight excluding hydrogens is 363 g/mol. The first-order valence-electron chi connectivity index (χ1n) is 8.54. The molecule has 1 heterocycles. The van der Waals surface area contributed by atoms with Crippen LogP contribution in [-0.2, 0) is 0 Å². The fraction of sp³-hybridized carbons (Fsp3) is 0.200. The van der Waals surface area contributed by atoms with Crippen LogP contribution in [0.5, 0.6) is 5.75 Å². The summed E-state index contributed by atoms with van der Waals surface area (Å²) in [7, 11) is 0. The van der Waals surface area contributed by atoms with Crippen molar-refractivity contribution in [2.75, 3.05) is 18.2 Å². The molecule has 0 amide bonds. The van der Waals surface area contributed by atoms with Crippen LogP contribution in [0.15, 0.2) is 53.5 Å². The zero-order valence-corrected chi connectivity index (χ0v) is 16.2. The molecule has 27 heavy (non-hydrogen) atoms. The van der Waals surface area contributed by atoms with Gasteiger partial charge in [0.15, 0.2) is 11.0 Å². The summed E-state index contributed by atoms with van der Waals surface area (Å²) in [5.74, 6) is 0.958. The Kier molecular flexibility index (Phi) is 6.13. The molecule has 0 atom stereocenters. The van der Waals surface area contributed by atoms with E-state index in [2.05, 4.69) is 20.5 Å². The van der Waals surface area contributed by atoms with Gasteiger partial charge in [-0.1, -0.05) is 30.0 Å². The number of nitrogens with one attached hydrogen (secondary N) is 2. The Morgan fingerprint density at radius 3 is 2.63 bits per heavy atom. The van der Waals surface area contributed by atoms with Crippen molar-refractivity contribution in [2.45, 2.75) is 13.8 Å². The van der Waals surface area contributed by atoms with Gasteiger partial charge in [-0.05, 0) is 50.4 Å². The lowest BCUT2D eigenvalue weighted by atomic mass is 10.1. The van der Waals surface area contributed by atoms with Crippen molar-refractivity contribution in [1.82, 2.24) is 10.2 Å². The van der Waals surface area contributed by atoms with Gasteiger partial charge in [0.2, 0.25) is 0 Å². The molecule has 0 fully saturated rings. The Bertz CT molecular complexity index is 937. The highest BCUT2D eigenvalue weighted by Gasteiger charge is 2.16. The van der Waals surface area contributed by atoms with E-state index in [9.17, 15) is 4.39 Å². The number of hydrogen-bond acceptors (Lipinski definition) is 4. The second-order valence-electron chi connectivity index (χ2n) is 5.73. The van der Waals surface area contributed by atoms with Gasteiger partial charge in [0.1, 0.15) is 11.6 Å². The van der Waals surface area contributed by atoms with Gasteiger partial charge < -0.3 is 10.1 Å². The number of thioether (sulfide) groups is 1. The number of rotatable bonds is 5. The molecule has 0 aliphatic carbocycles. The Morgan fingerprint density at radius 2 is 1.96 bits per heavy atom. The number of aromatic amines is 1. The second kappa shape index (κ2) is 8.73. The quantitative estimate of drug-likeness (QED) is 0.458. The average molecular weight is 384 g/mol. The smallest absolute Gasteiger partial charge is 0.184 e. The number of amidine groups is 1. The van der Waals surface area contributed by atoms with E-state index in [1.165, 1.54) is 17.8 Å². The van der Waals surface area contributed by atoms with Crippen LogP contribution in [0, 0.1) is 12.7 Å². The maximum absolute atomic E-state index is 14.3. The topological polar surface area (TPSA) is 62.3 Å². The van der Waals surface area contributed by atoms with Gasteiger partial charge in [0, 0.05) is 16.9 Å².